The predicted octanol–water partition coefficient (Wildman–Crippen LogP) is 1.91. The van der Waals surface area contributed by atoms with Crippen molar-refractivity contribution in [3.8, 4) is 0 Å². The number of ether oxygens (including phenoxy) is 1. The molecular weight excluding hydrogens is 226 g/mol. The summed E-state index contributed by atoms with van der Waals surface area (Å²) < 4.78 is 5.42. The Morgan fingerprint density at radius 1 is 1.39 bits per heavy atom. The van der Waals surface area contributed by atoms with Crippen LogP contribution in [0.15, 0.2) is 30.3 Å². The minimum atomic E-state index is -0.389. The summed E-state index contributed by atoms with van der Waals surface area (Å²) in [6.45, 7) is 3.95. The fraction of sp³-hybridized carbons (Fsp3) is 0.600. The Morgan fingerprint density at radius 3 is 2.67 bits per heavy atom. The highest BCUT2D eigenvalue weighted by Gasteiger charge is 2.40. The predicted molar refractivity (Wildman–Crippen MR) is 72.4 cm³/mol. The van der Waals surface area contributed by atoms with Crippen molar-refractivity contribution in [3.05, 3.63) is 35.9 Å². The van der Waals surface area contributed by atoms with Crippen molar-refractivity contribution in [3.63, 3.8) is 0 Å². The standard InChI is InChI=1S/C15H23NO2/c1-12(13-5-3-2-4-6-13)9-14(17)15(10-16)7-8-18-11-15/h2-6,12,14,17H,7-11,16H2,1H3. The van der Waals surface area contributed by atoms with Crippen LogP contribution in [-0.2, 0) is 4.74 Å². The first kappa shape index (κ1) is 13.5. The lowest BCUT2D eigenvalue weighted by molar-refractivity contribution is 0.0113. The number of benzene rings is 1. The molecule has 3 N–H and O–H groups in total. The normalized spacial score (nSPS) is 27.1. The third-order valence-electron chi connectivity index (χ3n) is 4.19. The first-order chi connectivity index (χ1) is 8.68. The van der Waals surface area contributed by atoms with E-state index in [-0.39, 0.29) is 11.5 Å². The molecule has 3 heteroatoms. The lowest BCUT2D eigenvalue weighted by atomic mass is 9.77. The van der Waals surface area contributed by atoms with Gasteiger partial charge in [0.15, 0.2) is 0 Å². The number of aliphatic hydroxyl groups is 1. The summed E-state index contributed by atoms with van der Waals surface area (Å²) in [5, 5.41) is 10.5. The van der Waals surface area contributed by atoms with Crippen LogP contribution in [0.4, 0.5) is 0 Å². The van der Waals surface area contributed by atoms with E-state index in [2.05, 4.69) is 19.1 Å². The Kier molecular flexibility index (Phi) is 4.38. The van der Waals surface area contributed by atoms with E-state index in [9.17, 15) is 5.11 Å². The van der Waals surface area contributed by atoms with Crippen LogP contribution >= 0.6 is 0 Å². The molecule has 1 aromatic carbocycles. The molecular formula is C15H23NO2. The van der Waals surface area contributed by atoms with Crippen molar-refractivity contribution < 1.29 is 9.84 Å². The van der Waals surface area contributed by atoms with Crippen LogP contribution in [-0.4, -0.2) is 31.0 Å². The molecule has 1 aliphatic rings. The summed E-state index contributed by atoms with van der Waals surface area (Å²) in [6.07, 6.45) is 1.22. The van der Waals surface area contributed by atoms with Crippen molar-refractivity contribution >= 4 is 0 Å². The fourth-order valence-corrected chi connectivity index (χ4v) is 2.69. The van der Waals surface area contributed by atoms with Gasteiger partial charge in [0.25, 0.3) is 0 Å². The number of hydrogen-bond acceptors (Lipinski definition) is 3. The first-order valence-corrected chi connectivity index (χ1v) is 6.69. The van der Waals surface area contributed by atoms with Gasteiger partial charge in [-0.05, 0) is 24.3 Å². The lowest BCUT2D eigenvalue weighted by Crippen LogP contribution is -2.43. The maximum Gasteiger partial charge on any atom is 0.0637 e. The SMILES string of the molecule is CC(CC(O)C1(CN)CCOC1)c1ccccc1. The van der Waals surface area contributed by atoms with E-state index in [1.807, 2.05) is 18.2 Å². The second kappa shape index (κ2) is 5.83. The zero-order valence-electron chi connectivity index (χ0n) is 11.0. The smallest absolute Gasteiger partial charge is 0.0637 e. The van der Waals surface area contributed by atoms with E-state index >= 15 is 0 Å². The highest BCUT2D eigenvalue weighted by atomic mass is 16.5. The zero-order chi connectivity index (χ0) is 13.0. The molecule has 18 heavy (non-hydrogen) atoms. The van der Waals surface area contributed by atoms with Crippen LogP contribution in [0, 0.1) is 5.41 Å². The third kappa shape index (κ3) is 2.74. The van der Waals surface area contributed by atoms with E-state index in [0.717, 1.165) is 12.8 Å². The minimum Gasteiger partial charge on any atom is -0.392 e. The van der Waals surface area contributed by atoms with E-state index in [4.69, 9.17) is 10.5 Å². The third-order valence-corrected chi connectivity index (χ3v) is 4.19. The monoisotopic (exact) mass is 249 g/mol. The zero-order valence-corrected chi connectivity index (χ0v) is 11.0. The topological polar surface area (TPSA) is 55.5 Å². The summed E-state index contributed by atoms with van der Waals surface area (Å²) in [7, 11) is 0. The molecule has 1 fully saturated rings. The molecule has 3 unspecified atom stereocenters. The average Bonchev–Trinajstić information content (AvgIpc) is 2.89. The summed E-state index contributed by atoms with van der Waals surface area (Å²) in [5.41, 5.74) is 6.88. The van der Waals surface area contributed by atoms with Crippen LogP contribution in [0.1, 0.15) is 31.2 Å². The highest BCUT2D eigenvalue weighted by molar-refractivity contribution is 5.19. The average molecular weight is 249 g/mol. The van der Waals surface area contributed by atoms with Crippen molar-refractivity contribution in [2.45, 2.75) is 31.8 Å². The van der Waals surface area contributed by atoms with Crippen molar-refractivity contribution in [2.75, 3.05) is 19.8 Å². The van der Waals surface area contributed by atoms with Gasteiger partial charge in [-0.2, -0.15) is 0 Å². The summed E-state index contributed by atoms with van der Waals surface area (Å²) in [4.78, 5) is 0. The van der Waals surface area contributed by atoms with E-state index < -0.39 is 0 Å². The molecule has 0 amide bonds. The van der Waals surface area contributed by atoms with Crippen molar-refractivity contribution in [1.82, 2.24) is 0 Å². The second-order valence-electron chi connectivity index (χ2n) is 5.43. The van der Waals surface area contributed by atoms with Crippen LogP contribution < -0.4 is 5.73 Å². The number of rotatable bonds is 5. The molecule has 0 spiro atoms. The Morgan fingerprint density at radius 2 is 2.11 bits per heavy atom. The van der Waals surface area contributed by atoms with Gasteiger partial charge in [-0.25, -0.2) is 0 Å². The van der Waals surface area contributed by atoms with Gasteiger partial charge >= 0.3 is 0 Å². The molecule has 0 bridgehead atoms. The van der Waals surface area contributed by atoms with Gasteiger partial charge in [0.1, 0.15) is 0 Å². The van der Waals surface area contributed by atoms with Gasteiger partial charge in [0.05, 0.1) is 12.7 Å². The van der Waals surface area contributed by atoms with Crippen LogP contribution in [0.5, 0.6) is 0 Å². The Labute approximate surface area is 109 Å². The molecule has 2 rings (SSSR count). The molecule has 0 radical (unpaired) electrons. The number of aliphatic hydroxyl groups excluding tert-OH is 1. The molecule has 1 aliphatic heterocycles. The molecule has 0 aromatic heterocycles. The Hall–Kier alpha value is -0.900. The molecule has 0 saturated carbocycles. The van der Waals surface area contributed by atoms with Gasteiger partial charge in [-0.1, -0.05) is 37.3 Å². The first-order valence-electron chi connectivity index (χ1n) is 6.69. The summed E-state index contributed by atoms with van der Waals surface area (Å²) >= 11 is 0. The van der Waals surface area contributed by atoms with Crippen LogP contribution in [0.25, 0.3) is 0 Å². The van der Waals surface area contributed by atoms with E-state index in [1.165, 1.54) is 5.56 Å². The fourth-order valence-electron chi connectivity index (χ4n) is 2.69. The molecule has 3 nitrogen and oxygen atoms in total. The molecule has 3 atom stereocenters. The number of nitrogens with two attached hydrogens (primary N) is 1. The molecule has 0 aliphatic carbocycles. The van der Waals surface area contributed by atoms with Gasteiger partial charge in [-0.3, -0.25) is 0 Å². The second-order valence-corrected chi connectivity index (χ2v) is 5.43. The Bertz CT molecular complexity index is 360. The van der Waals surface area contributed by atoms with Gasteiger partial charge < -0.3 is 15.6 Å². The molecule has 1 saturated heterocycles. The quantitative estimate of drug-likeness (QED) is 0.838. The Balaban J connectivity index is 2.00. The summed E-state index contributed by atoms with van der Waals surface area (Å²) in [5.74, 6) is 0.338. The van der Waals surface area contributed by atoms with Crippen molar-refractivity contribution in [1.29, 1.82) is 0 Å². The van der Waals surface area contributed by atoms with E-state index in [0.29, 0.717) is 25.7 Å². The maximum absolute atomic E-state index is 10.5. The molecule has 1 heterocycles. The van der Waals surface area contributed by atoms with Crippen LogP contribution in [0.3, 0.4) is 0 Å². The van der Waals surface area contributed by atoms with Gasteiger partial charge in [0, 0.05) is 18.6 Å². The largest absolute Gasteiger partial charge is 0.392 e. The summed E-state index contributed by atoms with van der Waals surface area (Å²) in [6, 6.07) is 10.3. The lowest BCUT2D eigenvalue weighted by Gasteiger charge is -2.33. The van der Waals surface area contributed by atoms with Gasteiger partial charge in [-0.15, -0.1) is 0 Å². The van der Waals surface area contributed by atoms with Crippen LogP contribution in [0.2, 0.25) is 0 Å². The highest BCUT2D eigenvalue weighted by Crippen LogP contribution is 2.36. The van der Waals surface area contributed by atoms with E-state index in [1.54, 1.807) is 0 Å². The van der Waals surface area contributed by atoms with Crippen molar-refractivity contribution in [2.24, 2.45) is 11.1 Å². The number of hydrogen-bond donors (Lipinski definition) is 2. The maximum atomic E-state index is 10.5. The molecule has 100 valence electrons. The van der Waals surface area contributed by atoms with Gasteiger partial charge in [0.2, 0.25) is 0 Å². The molecule has 1 aromatic rings. The minimum absolute atomic E-state index is 0.233.